The molecule has 6 rings (SSSR count). The minimum atomic E-state index is -5.11. The molecular formula is C56H85Cl2Si5Zr. The number of hydrogen-bond donors (Lipinski definition) is 0. The van der Waals surface area contributed by atoms with Crippen molar-refractivity contribution in [2.75, 3.05) is 0 Å². The van der Waals surface area contributed by atoms with Crippen molar-refractivity contribution in [2.45, 2.75) is 166 Å². The van der Waals surface area contributed by atoms with E-state index in [-0.39, 0.29) is 7.25 Å². The standard InChI is InChI=1S/2C27H39Si2.C2H7Si.2ClH.Zr/c2*1-10-21-11-12-22-14-20(13-19(2)3)15-26(22)27(21)23-16-24(28(4,5)6)18-25(17-23)29(7,8)9;1-3-2;;;/h2*11-12,14-19H,10,13H2,1-9H3;3H,1-2H3;2*1H;/q;;;;;+2/p-2. The molecule has 0 aromatic heterocycles. The first kappa shape index (κ1) is 52.3. The number of benzene rings is 4. The van der Waals surface area contributed by atoms with E-state index in [9.17, 15) is 17.0 Å². The van der Waals surface area contributed by atoms with Crippen LogP contribution in [0, 0.1) is 11.8 Å². The van der Waals surface area contributed by atoms with E-state index in [0.717, 1.165) is 25.7 Å². The number of hydrogen-bond acceptors (Lipinski definition) is 0. The van der Waals surface area contributed by atoms with Crippen molar-refractivity contribution in [1.29, 1.82) is 0 Å². The van der Waals surface area contributed by atoms with Crippen LogP contribution in [-0.4, -0.2) is 38.2 Å². The predicted octanol–water partition coefficient (Wildman–Crippen LogP) is 16.0. The summed E-state index contributed by atoms with van der Waals surface area (Å²) in [5.74, 6) is -0.783. The fourth-order valence-corrected chi connectivity index (χ4v) is 47.5. The summed E-state index contributed by atoms with van der Waals surface area (Å²) >= 11 is -5.11. The van der Waals surface area contributed by atoms with Gasteiger partial charge in [-0.25, -0.2) is 0 Å². The van der Waals surface area contributed by atoms with Gasteiger partial charge >= 0.3 is 409 Å². The van der Waals surface area contributed by atoms with Gasteiger partial charge in [-0.2, -0.15) is 0 Å². The molecule has 4 aromatic carbocycles. The third kappa shape index (κ3) is 9.86. The molecule has 0 heterocycles. The molecule has 347 valence electrons. The van der Waals surface area contributed by atoms with Crippen LogP contribution in [0.15, 0.2) is 71.8 Å². The summed E-state index contributed by atoms with van der Waals surface area (Å²) in [5, 5.41) is 6.27. The Labute approximate surface area is 405 Å². The Bertz CT molecular complexity index is 2270. The molecule has 2 atom stereocenters. The number of halogens is 2. The van der Waals surface area contributed by atoms with Crippen LogP contribution >= 0.6 is 17.0 Å². The van der Waals surface area contributed by atoms with Gasteiger partial charge in [0.2, 0.25) is 0 Å². The van der Waals surface area contributed by atoms with E-state index in [1.54, 1.807) is 20.7 Å². The average Bonchev–Trinajstić information content (AvgIpc) is 3.73. The molecule has 0 aliphatic heterocycles. The molecule has 4 aromatic rings. The van der Waals surface area contributed by atoms with Crippen LogP contribution in [0.25, 0.3) is 34.4 Å². The van der Waals surface area contributed by atoms with Crippen molar-refractivity contribution in [1.82, 2.24) is 0 Å². The molecule has 0 spiro atoms. The molecule has 0 nitrogen and oxygen atoms in total. The van der Waals surface area contributed by atoms with Gasteiger partial charge in [0.1, 0.15) is 0 Å². The summed E-state index contributed by atoms with van der Waals surface area (Å²) in [7, 11) is 11.9. The molecule has 0 fully saturated rings. The van der Waals surface area contributed by atoms with Crippen molar-refractivity contribution in [3.05, 3.63) is 105 Å². The normalized spacial score (nSPS) is 17.8. The zero-order valence-electron chi connectivity index (χ0n) is 43.9. The Morgan fingerprint density at radius 1 is 0.500 bits per heavy atom. The molecule has 0 N–H and O–H groups in total. The summed E-state index contributed by atoms with van der Waals surface area (Å²) in [4.78, 5) is 0. The first-order valence-corrected chi connectivity index (χ1v) is 55.3. The molecule has 8 heteroatoms. The number of fused-ring (bicyclic) bond motifs is 2. The van der Waals surface area contributed by atoms with E-state index in [1.807, 2.05) is 0 Å². The third-order valence-electron chi connectivity index (χ3n) is 14.9. The molecular weight excluding hydrogens is 975 g/mol. The van der Waals surface area contributed by atoms with Crippen LogP contribution in [0.2, 0.25) is 91.7 Å². The van der Waals surface area contributed by atoms with E-state index in [1.165, 1.54) is 66.8 Å². The first-order chi connectivity index (χ1) is 29.3. The third-order valence-corrected chi connectivity index (χ3v) is 74.9. The number of aryl methyl sites for hydroxylation is 2. The SMILES string of the molecule is CCc1ccc2c(c1-c1cc([Si](C)(C)C)cc([Si](C)(C)C)c1)C=C(CC(C)C)[CH]2[Zr]([Cl])([Cl])([CH]1C(CC(C)C)=Cc2c1ccc(CC)c2-c1cc([Si](C)(C)C)cc([Si](C)(C)C)c1)[SiH](C)C. The summed E-state index contributed by atoms with van der Waals surface area (Å²) in [6, 6.07) is 25.5. The maximum atomic E-state index is 9.22. The Morgan fingerprint density at radius 3 is 1.03 bits per heavy atom. The van der Waals surface area contributed by atoms with Gasteiger partial charge in [-0.3, -0.25) is 0 Å². The molecule has 0 amide bonds. The van der Waals surface area contributed by atoms with E-state index in [2.05, 4.69) is 206 Å². The Balaban J connectivity index is 1.71. The van der Waals surface area contributed by atoms with Crippen LogP contribution < -0.4 is 20.7 Å². The fourth-order valence-electron chi connectivity index (χ4n) is 11.1. The molecule has 0 radical (unpaired) electrons. The molecule has 0 saturated heterocycles. The van der Waals surface area contributed by atoms with Crippen LogP contribution in [0.4, 0.5) is 0 Å². The van der Waals surface area contributed by atoms with Gasteiger partial charge in [-0.05, 0) is 0 Å². The Morgan fingerprint density at radius 2 is 0.797 bits per heavy atom. The molecule has 0 bridgehead atoms. The maximum absolute atomic E-state index is 9.22. The quantitative estimate of drug-likeness (QED) is 0.104. The monoisotopic (exact) mass is 1060 g/mol. The van der Waals surface area contributed by atoms with E-state index < -0.39 is 53.8 Å². The molecule has 0 saturated carbocycles. The Hall–Kier alpha value is -1.09. The second-order valence-electron chi connectivity index (χ2n) is 25.4. The zero-order valence-corrected chi connectivity index (χ0v) is 53.0. The van der Waals surface area contributed by atoms with Crippen molar-refractivity contribution in [3.8, 4) is 22.3 Å². The summed E-state index contributed by atoms with van der Waals surface area (Å²) in [5.41, 5.74) is 17.3. The zero-order chi connectivity index (χ0) is 47.9. The fraction of sp³-hybridized carbons (Fsp3) is 0.500. The van der Waals surface area contributed by atoms with Crippen molar-refractivity contribution in [3.63, 3.8) is 0 Å². The van der Waals surface area contributed by atoms with Crippen molar-refractivity contribution >= 4 is 88.1 Å². The van der Waals surface area contributed by atoms with Gasteiger partial charge in [-0.15, -0.1) is 0 Å². The second kappa shape index (κ2) is 18.3. The van der Waals surface area contributed by atoms with Crippen LogP contribution in [0.3, 0.4) is 0 Å². The van der Waals surface area contributed by atoms with Gasteiger partial charge in [-0.1, -0.05) is 0 Å². The molecule has 64 heavy (non-hydrogen) atoms. The Kier molecular flexibility index (Phi) is 15.0. The van der Waals surface area contributed by atoms with Crippen LogP contribution in [0.5, 0.6) is 0 Å². The molecule has 2 unspecified atom stereocenters. The van der Waals surface area contributed by atoms with Gasteiger partial charge in [0.15, 0.2) is 0 Å². The molecule has 2 aliphatic carbocycles. The van der Waals surface area contributed by atoms with Gasteiger partial charge in [0.25, 0.3) is 0 Å². The predicted molar refractivity (Wildman–Crippen MR) is 305 cm³/mol. The minimum absolute atomic E-state index is 0.0738. The van der Waals surface area contributed by atoms with Crippen molar-refractivity contribution < 1.29 is 15.6 Å². The topological polar surface area (TPSA) is 0 Å². The van der Waals surface area contributed by atoms with Gasteiger partial charge in [0.05, 0.1) is 0 Å². The van der Waals surface area contributed by atoms with Gasteiger partial charge in [0, 0.05) is 0 Å². The first-order valence-electron chi connectivity index (χ1n) is 24.9. The molecule has 2 aliphatic rings. The van der Waals surface area contributed by atoms with E-state index in [4.69, 9.17) is 0 Å². The van der Waals surface area contributed by atoms with E-state index >= 15 is 0 Å². The number of allylic oxidation sites excluding steroid dienone is 2. The van der Waals surface area contributed by atoms with Crippen LogP contribution in [-0.2, 0) is 28.4 Å². The number of rotatable bonds is 15. The summed E-state index contributed by atoms with van der Waals surface area (Å²) in [6.45, 7) is 49.5. The second-order valence-corrected chi connectivity index (χ2v) is 88.2. The van der Waals surface area contributed by atoms with Crippen LogP contribution in [0.1, 0.15) is 95.0 Å². The van der Waals surface area contributed by atoms with Gasteiger partial charge < -0.3 is 0 Å². The summed E-state index contributed by atoms with van der Waals surface area (Å²) < 4.78 is 0.148. The average molecular weight is 1060 g/mol. The van der Waals surface area contributed by atoms with E-state index in [0.29, 0.717) is 11.8 Å². The summed E-state index contributed by atoms with van der Waals surface area (Å²) in [6.07, 6.45) is 9.32. The van der Waals surface area contributed by atoms with Crippen molar-refractivity contribution in [2.24, 2.45) is 11.8 Å².